The van der Waals surface area contributed by atoms with E-state index in [4.69, 9.17) is 5.73 Å². The molecule has 0 unspecified atom stereocenters. The molecule has 1 aromatic carbocycles. The lowest BCUT2D eigenvalue weighted by molar-refractivity contribution is 0.0761. The van der Waals surface area contributed by atoms with Crippen LogP contribution in [0.15, 0.2) is 24.3 Å². The normalized spacial score (nSPS) is 18.7. The molecule has 3 rings (SSSR count). The molecule has 122 valence electrons. The molecule has 1 atom stereocenters. The predicted octanol–water partition coefficient (Wildman–Crippen LogP) is 0.983. The van der Waals surface area contributed by atoms with Gasteiger partial charge in [0.15, 0.2) is 0 Å². The van der Waals surface area contributed by atoms with Gasteiger partial charge in [-0.3, -0.25) is 4.79 Å². The van der Waals surface area contributed by atoms with Gasteiger partial charge in [0.05, 0.1) is 6.54 Å². The first kappa shape index (κ1) is 15.6. The Morgan fingerprint density at radius 2 is 2.04 bits per heavy atom. The Labute approximate surface area is 135 Å². The molecule has 0 bridgehead atoms. The van der Waals surface area contributed by atoms with Crippen molar-refractivity contribution < 1.29 is 4.79 Å². The van der Waals surface area contributed by atoms with Gasteiger partial charge in [0.1, 0.15) is 5.82 Å². The zero-order valence-electron chi connectivity index (χ0n) is 13.4. The third-order valence-electron chi connectivity index (χ3n) is 4.30. The lowest BCUT2D eigenvalue weighted by atomic mass is 10.1. The van der Waals surface area contributed by atoms with E-state index in [1.807, 2.05) is 36.1 Å². The molecule has 1 aliphatic rings. The maximum absolute atomic E-state index is 12.6. The Morgan fingerprint density at radius 1 is 1.26 bits per heavy atom. The molecule has 23 heavy (non-hydrogen) atoms. The summed E-state index contributed by atoms with van der Waals surface area (Å²) in [5.41, 5.74) is 7.76. The Bertz CT molecular complexity index is 665. The summed E-state index contributed by atoms with van der Waals surface area (Å²) in [6.45, 7) is 4.00. The molecule has 0 aliphatic carbocycles. The van der Waals surface area contributed by atoms with E-state index in [0.717, 1.165) is 49.3 Å². The van der Waals surface area contributed by atoms with E-state index < -0.39 is 0 Å². The van der Waals surface area contributed by atoms with Crippen LogP contribution in [0.25, 0.3) is 0 Å². The highest BCUT2D eigenvalue weighted by Gasteiger charge is 2.19. The van der Waals surface area contributed by atoms with E-state index in [2.05, 4.69) is 15.5 Å². The number of carbonyl (C=O) groups is 1. The molecular formula is C16H22N6O. The van der Waals surface area contributed by atoms with Crippen molar-refractivity contribution in [2.24, 2.45) is 5.73 Å². The lowest BCUT2D eigenvalue weighted by Gasteiger charge is -2.20. The summed E-state index contributed by atoms with van der Waals surface area (Å²) in [6, 6.07) is 7.88. The van der Waals surface area contributed by atoms with Crippen LogP contribution >= 0.6 is 0 Å². The Hall–Kier alpha value is -2.28. The van der Waals surface area contributed by atoms with Crippen molar-refractivity contribution >= 4 is 5.91 Å². The number of hydrogen-bond acceptors (Lipinski definition) is 5. The van der Waals surface area contributed by atoms with E-state index in [0.29, 0.717) is 6.54 Å². The van der Waals surface area contributed by atoms with Crippen LogP contribution in [0.1, 0.15) is 41.0 Å². The van der Waals surface area contributed by atoms with Gasteiger partial charge in [0.25, 0.3) is 5.91 Å². The number of amides is 1. The molecule has 2 aromatic rings. The van der Waals surface area contributed by atoms with Crippen molar-refractivity contribution in [2.75, 3.05) is 13.1 Å². The van der Waals surface area contributed by atoms with E-state index in [1.54, 1.807) is 4.68 Å². The predicted molar refractivity (Wildman–Crippen MR) is 85.8 cm³/mol. The van der Waals surface area contributed by atoms with Gasteiger partial charge in [-0.2, -0.15) is 0 Å². The second kappa shape index (κ2) is 6.87. The van der Waals surface area contributed by atoms with Crippen molar-refractivity contribution in [3.05, 3.63) is 41.2 Å². The van der Waals surface area contributed by atoms with Crippen LogP contribution in [0.2, 0.25) is 0 Å². The minimum Gasteiger partial charge on any atom is -0.339 e. The van der Waals surface area contributed by atoms with Crippen molar-refractivity contribution in [1.29, 1.82) is 0 Å². The summed E-state index contributed by atoms with van der Waals surface area (Å²) in [6.07, 6.45) is 2.85. The van der Waals surface area contributed by atoms with E-state index in [1.165, 1.54) is 0 Å². The number of tetrazole rings is 1. The minimum absolute atomic E-state index is 0.0873. The molecule has 1 amide bonds. The van der Waals surface area contributed by atoms with E-state index >= 15 is 0 Å². The van der Waals surface area contributed by atoms with Gasteiger partial charge in [-0.1, -0.05) is 12.1 Å². The number of likely N-dealkylation sites (tertiary alicyclic amines) is 1. The molecular weight excluding hydrogens is 292 g/mol. The topological polar surface area (TPSA) is 89.9 Å². The maximum Gasteiger partial charge on any atom is 0.253 e. The Kier molecular flexibility index (Phi) is 4.66. The molecule has 0 spiro atoms. The van der Waals surface area contributed by atoms with Crippen LogP contribution in [-0.4, -0.2) is 50.1 Å². The van der Waals surface area contributed by atoms with Crippen LogP contribution in [0.3, 0.4) is 0 Å². The zero-order valence-corrected chi connectivity index (χ0v) is 13.4. The second-order valence-electron chi connectivity index (χ2n) is 6.06. The summed E-state index contributed by atoms with van der Waals surface area (Å²) in [7, 11) is 0. The molecule has 1 aliphatic heterocycles. The van der Waals surface area contributed by atoms with E-state index in [-0.39, 0.29) is 11.9 Å². The number of nitrogens with two attached hydrogens (primary N) is 1. The van der Waals surface area contributed by atoms with Gasteiger partial charge in [0, 0.05) is 24.7 Å². The summed E-state index contributed by atoms with van der Waals surface area (Å²) in [4.78, 5) is 14.5. The number of aryl methyl sites for hydroxylation is 1. The largest absolute Gasteiger partial charge is 0.339 e. The molecule has 1 saturated heterocycles. The number of carbonyl (C=O) groups excluding carboxylic acids is 1. The first-order valence-electron chi connectivity index (χ1n) is 8.00. The number of nitrogens with zero attached hydrogens (tertiary/aromatic N) is 5. The first-order chi connectivity index (χ1) is 11.1. The second-order valence-corrected chi connectivity index (χ2v) is 6.06. The van der Waals surface area contributed by atoms with Crippen molar-refractivity contribution in [3.63, 3.8) is 0 Å². The van der Waals surface area contributed by atoms with Gasteiger partial charge in [-0.25, -0.2) is 4.68 Å². The molecule has 0 radical (unpaired) electrons. The molecule has 1 fully saturated rings. The number of benzene rings is 1. The van der Waals surface area contributed by atoms with Gasteiger partial charge < -0.3 is 10.6 Å². The monoisotopic (exact) mass is 314 g/mol. The number of rotatable bonds is 3. The van der Waals surface area contributed by atoms with Gasteiger partial charge >= 0.3 is 0 Å². The van der Waals surface area contributed by atoms with Crippen LogP contribution in [-0.2, 0) is 6.54 Å². The average molecular weight is 314 g/mol. The quantitative estimate of drug-likeness (QED) is 0.912. The minimum atomic E-state index is 0.0873. The smallest absolute Gasteiger partial charge is 0.253 e. The van der Waals surface area contributed by atoms with Crippen molar-refractivity contribution in [2.45, 2.75) is 38.8 Å². The number of aromatic nitrogens is 4. The molecule has 2 heterocycles. The highest BCUT2D eigenvalue weighted by Crippen LogP contribution is 2.14. The summed E-state index contributed by atoms with van der Waals surface area (Å²) in [5.74, 6) is 0.857. The van der Waals surface area contributed by atoms with Gasteiger partial charge in [-0.05, 0) is 54.3 Å². The third-order valence-corrected chi connectivity index (χ3v) is 4.30. The standard InChI is InChI=1S/C16H22N6O/c1-12-18-19-20-22(12)11-13-4-6-14(7-5-13)16(23)21-9-2-3-15(17)8-10-21/h4-7,15H,2-3,8-11,17H2,1H3/t15-/m0/s1. The first-order valence-corrected chi connectivity index (χ1v) is 8.00. The fourth-order valence-electron chi connectivity index (χ4n) is 2.83. The Morgan fingerprint density at radius 3 is 2.74 bits per heavy atom. The van der Waals surface area contributed by atoms with Crippen molar-refractivity contribution in [3.8, 4) is 0 Å². The number of hydrogen-bond donors (Lipinski definition) is 1. The average Bonchev–Trinajstić information content (AvgIpc) is 2.82. The zero-order chi connectivity index (χ0) is 16.2. The van der Waals surface area contributed by atoms with E-state index in [9.17, 15) is 4.79 Å². The summed E-state index contributed by atoms with van der Waals surface area (Å²) < 4.78 is 1.73. The summed E-state index contributed by atoms with van der Waals surface area (Å²) in [5, 5.41) is 11.4. The Balaban J connectivity index is 1.66. The molecule has 7 heteroatoms. The lowest BCUT2D eigenvalue weighted by Crippen LogP contribution is -2.32. The molecule has 1 aromatic heterocycles. The van der Waals surface area contributed by atoms with Crippen LogP contribution in [0.5, 0.6) is 0 Å². The van der Waals surface area contributed by atoms with Crippen molar-refractivity contribution in [1.82, 2.24) is 25.1 Å². The third kappa shape index (κ3) is 3.73. The SMILES string of the molecule is Cc1nnnn1Cc1ccc(C(=O)N2CCC[C@H](N)CC2)cc1. The maximum atomic E-state index is 12.6. The highest BCUT2D eigenvalue weighted by molar-refractivity contribution is 5.94. The van der Waals surface area contributed by atoms with Crippen LogP contribution in [0.4, 0.5) is 0 Å². The molecule has 2 N–H and O–H groups in total. The van der Waals surface area contributed by atoms with Crippen LogP contribution in [0, 0.1) is 6.92 Å². The van der Waals surface area contributed by atoms with Gasteiger partial charge in [-0.15, -0.1) is 5.10 Å². The highest BCUT2D eigenvalue weighted by atomic mass is 16.2. The van der Waals surface area contributed by atoms with Gasteiger partial charge in [0.2, 0.25) is 0 Å². The molecule has 7 nitrogen and oxygen atoms in total. The fraction of sp³-hybridized carbons (Fsp3) is 0.500. The van der Waals surface area contributed by atoms with Crippen LogP contribution < -0.4 is 5.73 Å². The fourth-order valence-corrected chi connectivity index (χ4v) is 2.83. The molecule has 0 saturated carbocycles. The summed E-state index contributed by atoms with van der Waals surface area (Å²) >= 11 is 0.